The first-order valence-electron chi connectivity index (χ1n) is 8.70. The lowest BCUT2D eigenvalue weighted by Gasteiger charge is -2.28. The molecule has 25 heavy (non-hydrogen) atoms. The number of carbonyl (C=O) groups excluding carboxylic acids is 1. The zero-order valence-electron chi connectivity index (χ0n) is 15.1. The molecule has 1 saturated heterocycles. The van der Waals surface area contributed by atoms with Gasteiger partial charge in [-0.05, 0) is 50.6 Å². The van der Waals surface area contributed by atoms with Gasteiger partial charge in [-0.2, -0.15) is 0 Å². The highest BCUT2D eigenvalue weighted by molar-refractivity contribution is 6.06. The second-order valence-electron chi connectivity index (χ2n) is 6.91. The molecule has 1 aliphatic heterocycles. The Kier molecular flexibility index (Phi) is 4.81. The van der Waals surface area contributed by atoms with Crippen molar-refractivity contribution in [2.45, 2.75) is 26.2 Å². The Morgan fingerprint density at radius 3 is 2.52 bits per heavy atom. The molecule has 0 saturated carbocycles. The number of benzene rings is 1. The zero-order chi connectivity index (χ0) is 18.1. The van der Waals surface area contributed by atoms with E-state index in [0.29, 0.717) is 11.9 Å². The number of fused-ring (bicyclic) bond motifs is 1. The van der Waals surface area contributed by atoms with Crippen molar-refractivity contribution in [3.05, 3.63) is 29.5 Å². The molecule has 1 aliphatic rings. The predicted octanol–water partition coefficient (Wildman–Crippen LogP) is 2.63. The van der Waals surface area contributed by atoms with Crippen molar-refractivity contribution in [1.29, 1.82) is 0 Å². The van der Waals surface area contributed by atoms with Crippen LogP contribution in [0.5, 0.6) is 0 Å². The fraction of sp³-hybridized carbons (Fsp3) is 0.474. The molecule has 1 aromatic carbocycles. The van der Waals surface area contributed by atoms with E-state index in [1.807, 2.05) is 24.6 Å². The van der Waals surface area contributed by atoms with Crippen LogP contribution in [0, 0.1) is 6.92 Å². The molecule has 134 valence electrons. The van der Waals surface area contributed by atoms with Gasteiger partial charge in [0.25, 0.3) is 0 Å². The lowest BCUT2D eigenvalue weighted by atomic mass is 10.1. The molecule has 0 spiro atoms. The Bertz CT molecular complexity index is 819. The van der Waals surface area contributed by atoms with E-state index in [9.17, 15) is 14.7 Å². The Morgan fingerprint density at radius 1 is 1.20 bits per heavy atom. The lowest BCUT2D eigenvalue weighted by Crippen LogP contribution is -2.40. The van der Waals surface area contributed by atoms with Gasteiger partial charge in [-0.1, -0.05) is 6.42 Å². The largest absolute Gasteiger partial charge is 0.478 e. The third kappa shape index (κ3) is 3.39. The number of nitrogens with zero attached hydrogens (tertiary/aromatic N) is 3. The number of anilines is 1. The molecule has 1 fully saturated rings. The molecule has 1 N–H and O–H groups in total. The quantitative estimate of drug-likeness (QED) is 0.927. The standard InChI is InChI=1S/C19H25N3O3/c1-13-9-14(10-15-16(19(24)25)11-20(2)18(13)15)21(3)17(23)12-22-7-5-4-6-8-22/h9-11H,4-8,12H2,1-3H3,(H,24,25). The number of likely N-dealkylation sites (tertiary alicyclic amines) is 1. The second-order valence-corrected chi connectivity index (χ2v) is 6.91. The summed E-state index contributed by atoms with van der Waals surface area (Å²) in [7, 11) is 3.60. The summed E-state index contributed by atoms with van der Waals surface area (Å²) >= 11 is 0. The highest BCUT2D eigenvalue weighted by atomic mass is 16.4. The Hall–Kier alpha value is -2.34. The number of amides is 1. The number of hydrogen-bond acceptors (Lipinski definition) is 3. The van der Waals surface area contributed by atoms with Gasteiger partial charge in [0.1, 0.15) is 0 Å². The SMILES string of the molecule is Cc1cc(N(C)C(=O)CN2CCCCC2)cc2c(C(=O)O)cn(C)c12. The topological polar surface area (TPSA) is 65.8 Å². The maximum absolute atomic E-state index is 12.6. The van der Waals surface area contributed by atoms with E-state index in [1.54, 1.807) is 24.2 Å². The third-order valence-electron chi connectivity index (χ3n) is 5.05. The fourth-order valence-corrected chi connectivity index (χ4v) is 3.68. The van der Waals surface area contributed by atoms with Crippen LogP contribution in [-0.4, -0.2) is 53.1 Å². The number of carbonyl (C=O) groups is 2. The maximum atomic E-state index is 12.6. The van der Waals surface area contributed by atoms with Crippen LogP contribution >= 0.6 is 0 Å². The summed E-state index contributed by atoms with van der Waals surface area (Å²) in [5.74, 6) is -0.919. The number of carboxylic acid groups (broad SMARTS) is 1. The number of piperidine rings is 1. The van der Waals surface area contributed by atoms with Crippen LogP contribution in [-0.2, 0) is 11.8 Å². The van der Waals surface area contributed by atoms with Crippen molar-refractivity contribution in [2.75, 3.05) is 31.6 Å². The van der Waals surface area contributed by atoms with Crippen molar-refractivity contribution in [1.82, 2.24) is 9.47 Å². The number of hydrogen-bond donors (Lipinski definition) is 1. The van der Waals surface area contributed by atoms with Crippen LogP contribution in [0.25, 0.3) is 10.9 Å². The Labute approximate surface area is 147 Å². The van der Waals surface area contributed by atoms with Crippen molar-refractivity contribution >= 4 is 28.5 Å². The summed E-state index contributed by atoms with van der Waals surface area (Å²) in [6.45, 7) is 4.30. The van der Waals surface area contributed by atoms with Crippen LogP contribution in [0.15, 0.2) is 18.3 Å². The summed E-state index contributed by atoms with van der Waals surface area (Å²) in [4.78, 5) is 28.0. The highest BCUT2D eigenvalue weighted by Crippen LogP contribution is 2.29. The summed E-state index contributed by atoms with van der Waals surface area (Å²) in [5, 5.41) is 10.1. The minimum absolute atomic E-state index is 0.0356. The van der Waals surface area contributed by atoms with Gasteiger partial charge in [-0.25, -0.2) is 4.79 Å². The van der Waals surface area contributed by atoms with E-state index in [0.717, 1.165) is 42.7 Å². The molecule has 0 bridgehead atoms. The van der Waals surface area contributed by atoms with Crippen molar-refractivity contribution in [2.24, 2.45) is 7.05 Å². The second kappa shape index (κ2) is 6.88. The first-order chi connectivity index (χ1) is 11.9. The molecule has 0 radical (unpaired) electrons. The van der Waals surface area contributed by atoms with E-state index < -0.39 is 5.97 Å². The normalized spacial score (nSPS) is 15.5. The van der Waals surface area contributed by atoms with E-state index >= 15 is 0 Å². The minimum atomic E-state index is -0.954. The number of aromatic nitrogens is 1. The first-order valence-corrected chi connectivity index (χ1v) is 8.70. The molecule has 1 aromatic heterocycles. The first kappa shape index (κ1) is 17.5. The maximum Gasteiger partial charge on any atom is 0.337 e. The monoisotopic (exact) mass is 343 g/mol. The third-order valence-corrected chi connectivity index (χ3v) is 5.05. The van der Waals surface area contributed by atoms with Crippen LogP contribution in [0.3, 0.4) is 0 Å². The molecule has 6 heteroatoms. The zero-order valence-corrected chi connectivity index (χ0v) is 15.1. The highest BCUT2D eigenvalue weighted by Gasteiger charge is 2.20. The molecule has 6 nitrogen and oxygen atoms in total. The number of rotatable bonds is 4. The lowest BCUT2D eigenvalue weighted by molar-refractivity contribution is -0.119. The molecular weight excluding hydrogens is 318 g/mol. The minimum Gasteiger partial charge on any atom is -0.478 e. The number of aryl methyl sites for hydroxylation is 2. The van der Waals surface area contributed by atoms with Gasteiger partial charge < -0.3 is 14.6 Å². The summed E-state index contributed by atoms with van der Waals surface area (Å²) < 4.78 is 1.83. The van der Waals surface area contributed by atoms with Crippen LogP contribution in [0.1, 0.15) is 35.2 Å². The van der Waals surface area contributed by atoms with Crippen LogP contribution < -0.4 is 4.90 Å². The fourth-order valence-electron chi connectivity index (χ4n) is 3.68. The molecule has 2 heterocycles. The Balaban J connectivity index is 1.90. The molecule has 0 aliphatic carbocycles. The molecule has 0 unspecified atom stereocenters. The number of aromatic carboxylic acids is 1. The average molecular weight is 343 g/mol. The van der Waals surface area contributed by atoms with Gasteiger partial charge in [0.2, 0.25) is 5.91 Å². The number of carboxylic acids is 1. The van der Waals surface area contributed by atoms with E-state index in [4.69, 9.17) is 0 Å². The van der Waals surface area contributed by atoms with Crippen molar-refractivity contribution < 1.29 is 14.7 Å². The van der Waals surface area contributed by atoms with Gasteiger partial charge in [-0.3, -0.25) is 9.69 Å². The van der Waals surface area contributed by atoms with Gasteiger partial charge in [0, 0.05) is 31.4 Å². The van der Waals surface area contributed by atoms with Gasteiger partial charge in [-0.15, -0.1) is 0 Å². The molecular formula is C19H25N3O3. The molecule has 3 rings (SSSR count). The van der Waals surface area contributed by atoms with Gasteiger partial charge >= 0.3 is 5.97 Å². The molecule has 2 aromatic rings. The van der Waals surface area contributed by atoms with Gasteiger partial charge in [0.15, 0.2) is 0 Å². The predicted molar refractivity (Wildman–Crippen MR) is 98.3 cm³/mol. The van der Waals surface area contributed by atoms with Crippen LogP contribution in [0.4, 0.5) is 5.69 Å². The van der Waals surface area contributed by atoms with E-state index in [-0.39, 0.29) is 11.5 Å². The smallest absolute Gasteiger partial charge is 0.337 e. The van der Waals surface area contributed by atoms with Crippen LogP contribution in [0.2, 0.25) is 0 Å². The number of likely N-dealkylation sites (N-methyl/N-ethyl adjacent to an activating group) is 1. The van der Waals surface area contributed by atoms with Gasteiger partial charge in [0.05, 0.1) is 17.6 Å². The van der Waals surface area contributed by atoms with Crippen molar-refractivity contribution in [3.8, 4) is 0 Å². The van der Waals surface area contributed by atoms with Crippen molar-refractivity contribution in [3.63, 3.8) is 0 Å². The Morgan fingerprint density at radius 2 is 1.88 bits per heavy atom. The summed E-state index contributed by atoms with van der Waals surface area (Å²) in [5.41, 5.74) is 2.85. The molecule has 1 amide bonds. The van der Waals surface area contributed by atoms with E-state index in [2.05, 4.69) is 4.90 Å². The molecule has 0 atom stereocenters. The van der Waals surface area contributed by atoms with E-state index in [1.165, 1.54) is 6.42 Å². The summed E-state index contributed by atoms with van der Waals surface area (Å²) in [6.07, 6.45) is 5.16. The summed E-state index contributed by atoms with van der Waals surface area (Å²) in [6, 6.07) is 3.75. The average Bonchev–Trinajstić information content (AvgIpc) is 2.92.